The minimum atomic E-state index is -0.141. The number of hydrogen-bond acceptors (Lipinski definition) is 3. The molecule has 0 spiro atoms. The maximum absolute atomic E-state index is 11.5. The van der Waals surface area contributed by atoms with Crippen LogP contribution in [-0.2, 0) is 11.3 Å². The Morgan fingerprint density at radius 1 is 1.56 bits per heavy atom. The molecule has 1 aliphatic heterocycles. The third-order valence-electron chi connectivity index (χ3n) is 2.59. The van der Waals surface area contributed by atoms with Crippen LogP contribution < -0.4 is 5.32 Å². The van der Waals surface area contributed by atoms with Gasteiger partial charge in [0.25, 0.3) is 0 Å². The van der Waals surface area contributed by atoms with E-state index in [0.29, 0.717) is 6.54 Å². The summed E-state index contributed by atoms with van der Waals surface area (Å²) < 4.78 is 0. The zero-order valence-corrected chi connectivity index (χ0v) is 9.73. The van der Waals surface area contributed by atoms with Gasteiger partial charge in [-0.3, -0.25) is 14.7 Å². The summed E-state index contributed by atoms with van der Waals surface area (Å²) in [4.78, 5) is 17.7. The fourth-order valence-corrected chi connectivity index (χ4v) is 2.14. The van der Waals surface area contributed by atoms with Crippen molar-refractivity contribution in [1.29, 1.82) is 0 Å². The lowest BCUT2D eigenvalue weighted by molar-refractivity contribution is -0.127. The number of amides is 1. The molecule has 16 heavy (non-hydrogen) atoms. The van der Waals surface area contributed by atoms with Gasteiger partial charge in [-0.15, -0.1) is 0 Å². The Morgan fingerprint density at radius 2 is 2.38 bits per heavy atom. The van der Waals surface area contributed by atoms with Gasteiger partial charge in [-0.1, -0.05) is 6.07 Å². The number of carbonyl (C=O) groups is 1. The molecule has 4 nitrogen and oxygen atoms in total. The first kappa shape index (κ1) is 11.1. The quantitative estimate of drug-likeness (QED) is 0.800. The number of pyridine rings is 1. The minimum Gasteiger partial charge on any atom is -0.349 e. The van der Waals surface area contributed by atoms with Crippen LogP contribution in [0.25, 0.3) is 0 Å². The molecule has 0 unspecified atom stereocenters. The highest BCUT2D eigenvalue weighted by atomic mass is 16.2. The number of piperazine rings is 1. The summed E-state index contributed by atoms with van der Waals surface area (Å²) in [6, 6.07) is 3.96. The van der Waals surface area contributed by atoms with Crippen molar-refractivity contribution in [2.75, 3.05) is 13.1 Å². The van der Waals surface area contributed by atoms with Crippen molar-refractivity contribution in [3.8, 4) is 0 Å². The SMILES string of the molecule is CC1(C)CN(Cc2cccnc2)CC(=O)N1. The molecular weight excluding hydrogens is 202 g/mol. The van der Waals surface area contributed by atoms with E-state index in [4.69, 9.17) is 0 Å². The lowest BCUT2D eigenvalue weighted by atomic mass is 10.0. The first-order valence-electron chi connectivity index (χ1n) is 5.47. The fraction of sp³-hybridized carbons (Fsp3) is 0.500. The van der Waals surface area contributed by atoms with Crippen LogP contribution in [0.1, 0.15) is 19.4 Å². The molecule has 2 heterocycles. The third-order valence-corrected chi connectivity index (χ3v) is 2.59. The van der Waals surface area contributed by atoms with E-state index < -0.39 is 0 Å². The average molecular weight is 219 g/mol. The Balaban J connectivity index is 2.03. The zero-order chi connectivity index (χ0) is 11.6. The van der Waals surface area contributed by atoms with Gasteiger partial charge in [0.2, 0.25) is 5.91 Å². The molecule has 1 saturated heterocycles. The van der Waals surface area contributed by atoms with Crippen LogP contribution in [0, 0.1) is 0 Å². The van der Waals surface area contributed by atoms with Gasteiger partial charge in [-0.05, 0) is 25.5 Å². The van der Waals surface area contributed by atoms with Crippen LogP contribution in [-0.4, -0.2) is 34.4 Å². The maximum Gasteiger partial charge on any atom is 0.234 e. The monoisotopic (exact) mass is 219 g/mol. The summed E-state index contributed by atoms with van der Waals surface area (Å²) in [6.45, 7) is 6.21. The Hall–Kier alpha value is -1.42. The van der Waals surface area contributed by atoms with Crippen molar-refractivity contribution in [2.45, 2.75) is 25.9 Å². The predicted octanol–water partition coefficient (Wildman–Crippen LogP) is 0.792. The molecule has 2 rings (SSSR count). The van der Waals surface area contributed by atoms with Gasteiger partial charge in [-0.25, -0.2) is 0 Å². The molecule has 0 radical (unpaired) electrons. The lowest BCUT2D eigenvalue weighted by Crippen LogP contribution is -2.59. The Morgan fingerprint density at radius 3 is 3.00 bits per heavy atom. The minimum absolute atomic E-state index is 0.0974. The maximum atomic E-state index is 11.5. The number of nitrogens with one attached hydrogen (secondary N) is 1. The van der Waals surface area contributed by atoms with Gasteiger partial charge in [0.1, 0.15) is 0 Å². The van der Waals surface area contributed by atoms with Crippen LogP contribution in [0.5, 0.6) is 0 Å². The molecular formula is C12H17N3O. The largest absolute Gasteiger partial charge is 0.349 e. The van der Waals surface area contributed by atoms with Gasteiger partial charge in [0, 0.05) is 31.0 Å². The standard InChI is InChI=1S/C12H17N3O/c1-12(2)9-15(8-11(16)14-12)7-10-4-3-5-13-6-10/h3-6H,7-9H2,1-2H3,(H,14,16). The van der Waals surface area contributed by atoms with Crippen LogP contribution >= 0.6 is 0 Å². The number of aromatic nitrogens is 1. The van der Waals surface area contributed by atoms with Gasteiger partial charge >= 0.3 is 0 Å². The molecule has 4 heteroatoms. The second kappa shape index (κ2) is 4.22. The fourth-order valence-electron chi connectivity index (χ4n) is 2.14. The van der Waals surface area contributed by atoms with Crippen molar-refractivity contribution in [2.24, 2.45) is 0 Å². The van der Waals surface area contributed by atoms with E-state index in [1.54, 1.807) is 6.20 Å². The predicted molar refractivity (Wildman–Crippen MR) is 61.7 cm³/mol. The molecule has 1 aromatic rings. The van der Waals surface area contributed by atoms with Crippen molar-refractivity contribution >= 4 is 5.91 Å². The Bertz CT molecular complexity index is 375. The summed E-state index contributed by atoms with van der Waals surface area (Å²) in [7, 11) is 0. The third kappa shape index (κ3) is 2.79. The molecule has 0 saturated carbocycles. The molecule has 86 valence electrons. The van der Waals surface area contributed by atoms with Crippen LogP contribution in [0.4, 0.5) is 0 Å². The molecule has 0 atom stereocenters. The molecule has 1 N–H and O–H groups in total. The molecule has 1 aliphatic rings. The molecule has 0 aliphatic carbocycles. The highest BCUT2D eigenvalue weighted by Crippen LogP contribution is 2.13. The number of hydrogen-bond donors (Lipinski definition) is 1. The van der Waals surface area contributed by atoms with Gasteiger partial charge < -0.3 is 5.32 Å². The molecule has 1 fully saturated rings. The summed E-state index contributed by atoms with van der Waals surface area (Å²) in [5.41, 5.74) is 1.00. The topological polar surface area (TPSA) is 45.2 Å². The van der Waals surface area contributed by atoms with Crippen LogP contribution in [0.2, 0.25) is 0 Å². The average Bonchev–Trinajstić information content (AvgIpc) is 2.15. The van der Waals surface area contributed by atoms with E-state index in [1.807, 2.05) is 32.2 Å². The van der Waals surface area contributed by atoms with E-state index in [1.165, 1.54) is 0 Å². The summed E-state index contributed by atoms with van der Waals surface area (Å²) >= 11 is 0. The summed E-state index contributed by atoms with van der Waals surface area (Å²) in [5, 5.41) is 2.98. The van der Waals surface area contributed by atoms with E-state index >= 15 is 0 Å². The van der Waals surface area contributed by atoms with E-state index in [-0.39, 0.29) is 11.4 Å². The second-order valence-corrected chi connectivity index (χ2v) is 4.94. The molecule has 0 bridgehead atoms. The van der Waals surface area contributed by atoms with Crippen molar-refractivity contribution in [3.05, 3.63) is 30.1 Å². The Kier molecular flexibility index (Phi) is 2.92. The van der Waals surface area contributed by atoms with E-state index in [9.17, 15) is 4.79 Å². The highest BCUT2D eigenvalue weighted by molar-refractivity contribution is 5.79. The first-order chi connectivity index (χ1) is 7.55. The smallest absolute Gasteiger partial charge is 0.234 e. The number of rotatable bonds is 2. The second-order valence-electron chi connectivity index (χ2n) is 4.94. The van der Waals surface area contributed by atoms with Crippen molar-refractivity contribution in [3.63, 3.8) is 0 Å². The zero-order valence-electron chi connectivity index (χ0n) is 9.73. The molecule has 0 aromatic carbocycles. The van der Waals surface area contributed by atoms with E-state index in [2.05, 4.69) is 15.2 Å². The van der Waals surface area contributed by atoms with Gasteiger partial charge in [0.05, 0.1) is 6.54 Å². The first-order valence-corrected chi connectivity index (χ1v) is 5.47. The van der Waals surface area contributed by atoms with Crippen LogP contribution in [0.15, 0.2) is 24.5 Å². The van der Waals surface area contributed by atoms with Crippen molar-refractivity contribution in [1.82, 2.24) is 15.2 Å². The highest BCUT2D eigenvalue weighted by Gasteiger charge is 2.30. The lowest BCUT2D eigenvalue weighted by Gasteiger charge is -2.38. The normalized spacial score (nSPS) is 20.5. The van der Waals surface area contributed by atoms with Crippen LogP contribution in [0.3, 0.4) is 0 Å². The summed E-state index contributed by atoms with van der Waals surface area (Å²) in [5.74, 6) is 0.0974. The van der Waals surface area contributed by atoms with E-state index in [0.717, 1.165) is 18.7 Å². The number of nitrogens with zero attached hydrogens (tertiary/aromatic N) is 2. The Labute approximate surface area is 95.7 Å². The van der Waals surface area contributed by atoms with Gasteiger partial charge in [0.15, 0.2) is 0 Å². The molecule has 1 aromatic heterocycles. The number of carbonyl (C=O) groups excluding carboxylic acids is 1. The van der Waals surface area contributed by atoms with Gasteiger partial charge in [-0.2, -0.15) is 0 Å². The van der Waals surface area contributed by atoms with Crippen molar-refractivity contribution < 1.29 is 4.79 Å². The summed E-state index contributed by atoms with van der Waals surface area (Å²) in [6.07, 6.45) is 3.61. The molecule has 1 amide bonds.